The smallest absolute Gasteiger partial charge is 0.0127 e. The van der Waals surface area contributed by atoms with Crippen LogP contribution < -0.4 is 5.32 Å². The van der Waals surface area contributed by atoms with E-state index in [9.17, 15) is 0 Å². The van der Waals surface area contributed by atoms with Crippen LogP contribution in [0.15, 0.2) is 0 Å². The van der Waals surface area contributed by atoms with E-state index in [4.69, 9.17) is 0 Å². The van der Waals surface area contributed by atoms with E-state index in [1.54, 1.807) is 0 Å². The molecule has 1 N–H and O–H groups in total. The lowest BCUT2D eigenvalue weighted by atomic mass is 10.1. The van der Waals surface area contributed by atoms with Gasteiger partial charge in [-0.2, -0.15) is 0 Å². The van der Waals surface area contributed by atoms with Crippen LogP contribution in [0, 0.1) is 11.3 Å². The molecule has 11 heavy (non-hydrogen) atoms. The Labute approximate surface area is 70.6 Å². The van der Waals surface area contributed by atoms with Gasteiger partial charge in [-0.1, -0.05) is 27.7 Å². The molecule has 0 spiro atoms. The van der Waals surface area contributed by atoms with Crippen LogP contribution in [0.2, 0.25) is 0 Å². The predicted octanol–water partition coefficient (Wildman–Crippen LogP) is 2.42. The standard InChI is InChI=1S/C10H21N/c1-7(2)8(3)11-9-6-10(9,4)5/h7-9,11H,6H2,1-5H3. The van der Waals surface area contributed by atoms with Crippen LogP contribution in [0.5, 0.6) is 0 Å². The molecule has 2 atom stereocenters. The van der Waals surface area contributed by atoms with Crippen molar-refractivity contribution in [2.45, 2.75) is 53.1 Å². The molecule has 2 unspecified atom stereocenters. The summed E-state index contributed by atoms with van der Waals surface area (Å²) >= 11 is 0. The van der Waals surface area contributed by atoms with Crippen LogP contribution >= 0.6 is 0 Å². The summed E-state index contributed by atoms with van der Waals surface area (Å²) in [6.45, 7) is 11.5. The molecule has 0 aromatic rings. The maximum atomic E-state index is 3.64. The minimum atomic E-state index is 0.573. The van der Waals surface area contributed by atoms with Crippen LogP contribution in [0.1, 0.15) is 41.0 Å². The van der Waals surface area contributed by atoms with E-state index in [-0.39, 0.29) is 0 Å². The normalized spacial score (nSPS) is 30.5. The maximum Gasteiger partial charge on any atom is 0.0127 e. The van der Waals surface area contributed by atoms with E-state index in [2.05, 4.69) is 39.9 Å². The molecular formula is C10H21N. The number of hydrogen-bond acceptors (Lipinski definition) is 1. The van der Waals surface area contributed by atoms with Gasteiger partial charge in [0.15, 0.2) is 0 Å². The van der Waals surface area contributed by atoms with Crippen LogP contribution in [-0.2, 0) is 0 Å². The maximum absolute atomic E-state index is 3.64. The van der Waals surface area contributed by atoms with Crippen LogP contribution in [-0.4, -0.2) is 12.1 Å². The Morgan fingerprint density at radius 3 is 2.00 bits per heavy atom. The summed E-state index contributed by atoms with van der Waals surface area (Å²) in [5, 5.41) is 3.64. The Morgan fingerprint density at radius 2 is 1.73 bits per heavy atom. The Balaban J connectivity index is 2.23. The third-order valence-corrected chi connectivity index (χ3v) is 2.98. The van der Waals surface area contributed by atoms with Crippen LogP contribution in [0.4, 0.5) is 0 Å². The van der Waals surface area contributed by atoms with Gasteiger partial charge in [-0.05, 0) is 24.7 Å². The van der Waals surface area contributed by atoms with E-state index >= 15 is 0 Å². The van der Waals surface area contributed by atoms with Gasteiger partial charge < -0.3 is 5.32 Å². The Morgan fingerprint density at radius 1 is 1.27 bits per heavy atom. The first kappa shape index (κ1) is 9.05. The largest absolute Gasteiger partial charge is 0.311 e. The monoisotopic (exact) mass is 155 g/mol. The topological polar surface area (TPSA) is 12.0 Å². The van der Waals surface area contributed by atoms with Crippen molar-refractivity contribution in [2.24, 2.45) is 11.3 Å². The van der Waals surface area contributed by atoms with Crippen molar-refractivity contribution in [1.29, 1.82) is 0 Å². The minimum absolute atomic E-state index is 0.573. The van der Waals surface area contributed by atoms with E-state index in [1.165, 1.54) is 6.42 Å². The summed E-state index contributed by atoms with van der Waals surface area (Å²) < 4.78 is 0. The van der Waals surface area contributed by atoms with Crippen molar-refractivity contribution < 1.29 is 0 Å². The quantitative estimate of drug-likeness (QED) is 0.660. The van der Waals surface area contributed by atoms with E-state index in [0.29, 0.717) is 11.5 Å². The van der Waals surface area contributed by atoms with E-state index < -0.39 is 0 Å². The SMILES string of the molecule is CC(C)C(C)NC1CC1(C)C. The molecule has 1 saturated carbocycles. The third kappa shape index (κ3) is 2.19. The zero-order valence-corrected chi connectivity index (χ0v) is 8.44. The molecule has 0 aliphatic heterocycles. The summed E-state index contributed by atoms with van der Waals surface area (Å²) in [5.41, 5.74) is 0.573. The average Bonchev–Trinajstić information content (AvgIpc) is 2.39. The molecule has 66 valence electrons. The van der Waals surface area contributed by atoms with E-state index in [0.717, 1.165) is 12.0 Å². The average molecular weight is 155 g/mol. The molecular weight excluding hydrogens is 134 g/mol. The number of hydrogen-bond donors (Lipinski definition) is 1. The number of rotatable bonds is 3. The fourth-order valence-corrected chi connectivity index (χ4v) is 1.26. The van der Waals surface area contributed by atoms with Gasteiger partial charge in [0.05, 0.1) is 0 Å². The zero-order chi connectivity index (χ0) is 8.65. The van der Waals surface area contributed by atoms with Crippen molar-refractivity contribution in [2.75, 3.05) is 0 Å². The summed E-state index contributed by atoms with van der Waals surface area (Å²) in [5.74, 6) is 0.756. The molecule has 1 nitrogen and oxygen atoms in total. The van der Waals surface area contributed by atoms with Crippen molar-refractivity contribution in [3.63, 3.8) is 0 Å². The van der Waals surface area contributed by atoms with Crippen molar-refractivity contribution in [3.8, 4) is 0 Å². The fourth-order valence-electron chi connectivity index (χ4n) is 1.26. The molecule has 1 aliphatic carbocycles. The number of nitrogens with one attached hydrogen (secondary N) is 1. The highest BCUT2D eigenvalue weighted by molar-refractivity contribution is 5.02. The van der Waals surface area contributed by atoms with Crippen molar-refractivity contribution in [1.82, 2.24) is 5.32 Å². The highest BCUT2D eigenvalue weighted by atomic mass is 15.0. The van der Waals surface area contributed by atoms with Gasteiger partial charge in [0.2, 0.25) is 0 Å². The second kappa shape index (κ2) is 2.78. The summed E-state index contributed by atoms with van der Waals surface area (Å²) in [6, 6.07) is 1.45. The predicted molar refractivity (Wildman–Crippen MR) is 49.6 cm³/mol. The highest BCUT2D eigenvalue weighted by Gasteiger charge is 2.45. The Bertz CT molecular complexity index is 138. The molecule has 0 heterocycles. The van der Waals surface area contributed by atoms with Gasteiger partial charge in [-0.15, -0.1) is 0 Å². The summed E-state index contributed by atoms with van der Waals surface area (Å²) in [6.07, 6.45) is 1.35. The third-order valence-electron chi connectivity index (χ3n) is 2.98. The fraction of sp³-hybridized carbons (Fsp3) is 1.00. The van der Waals surface area contributed by atoms with Crippen molar-refractivity contribution >= 4 is 0 Å². The first-order valence-corrected chi connectivity index (χ1v) is 4.69. The second-order valence-electron chi connectivity index (χ2n) is 4.94. The first-order valence-electron chi connectivity index (χ1n) is 4.69. The first-order chi connectivity index (χ1) is 4.93. The van der Waals surface area contributed by atoms with Crippen molar-refractivity contribution in [3.05, 3.63) is 0 Å². The van der Waals surface area contributed by atoms with Gasteiger partial charge in [0, 0.05) is 12.1 Å². The lowest BCUT2D eigenvalue weighted by molar-refractivity contribution is 0.398. The second-order valence-corrected chi connectivity index (χ2v) is 4.94. The molecule has 1 fully saturated rings. The minimum Gasteiger partial charge on any atom is -0.311 e. The van der Waals surface area contributed by atoms with Crippen LogP contribution in [0.3, 0.4) is 0 Å². The Hall–Kier alpha value is -0.0400. The lowest BCUT2D eigenvalue weighted by Gasteiger charge is -2.18. The van der Waals surface area contributed by atoms with Crippen LogP contribution in [0.25, 0.3) is 0 Å². The molecule has 1 aliphatic rings. The molecule has 0 aromatic heterocycles. The summed E-state index contributed by atoms with van der Waals surface area (Å²) in [7, 11) is 0. The molecule has 0 saturated heterocycles. The molecule has 0 aromatic carbocycles. The Kier molecular flexibility index (Phi) is 2.29. The molecule has 0 amide bonds. The van der Waals surface area contributed by atoms with Gasteiger partial charge in [-0.3, -0.25) is 0 Å². The lowest BCUT2D eigenvalue weighted by Crippen LogP contribution is -2.34. The van der Waals surface area contributed by atoms with E-state index in [1.807, 2.05) is 0 Å². The van der Waals surface area contributed by atoms with Gasteiger partial charge in [-0.25, -0.2) is 0 Å². The molecule has 1 rings (SSSR count). The summed E-state index contributed by atoms with van der Waals surface area (Å²) in [4.78, 5) is 0. The zero-order valence-electron chi connectivity index (χ0n) is 8.44. The molecule has 1 heteroatoms. The highest BCUT2D eigenvalue weighted by Crippen LogP contribution is 2.44. The van der Waals surface area contributed by atoms with Gasteiger partial charge in [0.25, 0.3) is 0 Å². The molecule has 0 radical (unpaired) electrons. The van der Waals surface area contributed by atoms with Gasteiger partial charge in [0.1, 0.15) is 0 Å². The van der Waals surface area contributed by atoms with Gasteiger partial charge >= 0.3 is 0 Å². The molecule has 0 bridgehead atoms.